The Kier molecular flexibility index (Phi) is 5.71. The predicted molar refractivity (Wildman–Crippen MR) is 79.5 cm³/mol. The fourth-order valence-electron chi connectivity index (χ4n) is 3.10. The van der Waals surface area contributed by atoms with Crippen molar-refractivity contribution in [1.82, 2.24) is 5.32 Å². The lowest BCUT2D eigenvalue weighted by molar-refractivity contribution is -0.126. The number of ether oxygens (including phenoxy) is 1. The van der Waals surface area contributed by atoms with Gasteiger partial charge in [0.25, 0.3) is 0 Å². The molecule has 0 spiro atoms. The van der Waals surface area contributed by atoms with Crippen molar-refractivity contribution in [2.75, 3.05) is 6.54 Å². The van der Waals surface area contributed by atoms with Crippen LogP contribution in [0.15, 0.2) is 24.3 Å². The zero-order valence-electron chi connectivity index (χ0n) is 12.6. The van der Waals surface area contributed by atoms with Gasteiger partial charge in [-0.3, -0.25) is 4.79 Å². The van der Waals surface area contributed by atoms with Crippen molar-refractivity contribution in [2.45, 2.75) is 38.8 Å². The molecule has 0 aliphatic heterocycles. The van der Waals surface area contributed by atoms with Crippen molar-refractivity contribution >= 4 is 5.91 Å². The first-order valence-electron chi connectivity index (χ1n) is 7.57. The Morgan fingerprint density at radius 2 is 2.14 bits per heavy atom. The van der Waals surface area contributed by atoms with E-state index in [4.69, 9.17) is 5.73 Å². The van der Waals surface area contributed by atoms with Gasteiger partial charge in [0.15, 0.2) is 0 Å². The van der Waals surface area contributed by atoms with Crippen LogP contribution in [0.25, 0.3) is 0 Å². The van der Waals surface area contributed by atoms with E-state index >= 15 is 0 Å². The van der Waals surface area contributed by atoms with Crippen LogP contribution in [0.4, 0.5) is 8.78 Å². The number of benzene rings is 1. The Morgan fingerprint density at radius 1 is 1.41 bits per heavy atom. The van der Waals surface area contributed by atoms with E-state index in [1.54, 1.807) is 25.1 Å². The Labute approximate surface area is 129 Å². The summed E-state index contributed by atoms with van der Waals surface area (Å²) in [6.45, 7) is -0.629. The van der Waals surface area contributed by atoms with Gasteiger partial charge in [-0.05, 0) is 38.3 Å². The fraction of sp³-hybridized carbons (Fsp3) is 0.562. The minimum absolute atomic E-state index is 0.0627. The number of nitrogens with two attached hydrogens (primary N) is 1. The molecule has 6 heteroatoms. The summed E-state index contributed by atoms with van der Waals surface area (Å²) in [6.07, 6.45) is 2.79. The highest BCUT2D eigenvalue weighted by molar-refractivity contribution is 5.79. The first-order valence-corrected chi connectivity index (χ1v) is 7.57. The monoisotopic (exact) mass is 312 g/mol. The number of carbonyl (C=O) groups is 1. The maximum absolute atomic E-state index is 12.4. The van der Waals surface area contributed by atoms with Crippen LogP contribution in [0.2, 0.25) is 0 Å². The van der Waals surface area contributed by atoms with Crippen molar-refractivity contribution < 1.29 is 18.3 Å². The highest BCUT2D eigenvalue weighted by Crippen LogP contribution is 2.32. The van der Waals surface area contributed by atoms with Gasteiger partial charge >= 0.3 is 6.61 Å². The van der Waals surface area contributed by atoms with E-state index in [0.717, 1.165) is 19.3 Å². The summed E-state index contributed by atoms with van der Waals surface area (Å²) < 4.78 is 29.4. The summed E-state index contributed by atoms with van der Waals surface area (Å²) in [6, 6.07) is 6.10. The quantitative estimate of drug-likeness (QED) is 0.849. The van der Waals surface area contributed by atoms with Crippen LogP contribution in [-0.2, 0) is 4.79 Å². The maximum Gasteiger partial charge on any atom is 0.387 e. The summed E-state index contributed by atoms with van der Waals surface area (Å²) in [7, 11) is 0. The third-order valence-corrected chi connectivity index (χ3v) is 4.26. The lowest BCUT2D eigenvalue weighted by atomic mass is 9.94. The Morgan fingerprint density at radius 3 is 2.82 bits per heavy atom. The van der Waals surface area contributed by atoms with Gasteiger partial charge in [-0.1, -0.05) is 24.6 Å². The number of para-hydroxylation sites is 1. The number of halogens is 2. The van der Waals surface area contributed by atoms with E-state index in [9.17, 15) is 13.6 Å². The molecular weight excluding hydrogens is 290 g/mol. The van der Waals surface area contributed by atoms with Gasteiger partial charge in [-0.15, -0.1) is 0 Å². The van der Waals surface area contributed by atoms with Crippen LogP contribution in [0.3, 0.4) is 0 Å². The van der Waals surface area contributed by atoms with Gasteiger partial charge in [0.1, 0.15) is 5.75 Å². The molecule has 2 rings (SSSR count). The Balaban J connectivity index is 2.05. The molecule has 0 bridgehead atoms. The highest BCUT2D eigenvalue weighted by Gasteiger charge is 2.32. The van der Waals surface area contributed by atoms with Crippen molar-refractivity contribution in [1.29, 1.82) is 0 Å². The summed E-state index contributed by atoms with van der Waals surface area (Å²) in [5, 5.41) is 2.90. The largest absolute Gasteiger partial charge is 0.434 e. The topological polar surface area (TPSA) is 64.4 Å². The van der Waals surface area contributed by atoms with Gasteiger partial charge in [-0.25, -0.2) is 0 Å². The summed E-state index contributed by atoms with van der Waals surface area (Å²) in [5.41, 5.74) is 6.24. The molecule has 4 nitrogen and oxygen atoms in total. The SMILES string of the molecule is CC(NC(=O)[C@@H]1CCC[C@@H]1CN)c1ccccc1OC(F)F. The minimum atomic E-state index is -2.89. The Hall–Kier alpha value is -1.69. The number of alkyl halides is 2. The molecule has 1 aromatic rings. The lowest BCUT2D eigenvalue weighted by Gasteiger charge is -2.22. The van der Waals surface area contributed by atoms with Gasteiger partial charge in [0.2, 0.25) is 5.91 Å². The van der Waals surface area contributed by atoms with Crippen LogP contribution < -0.4 is 15.8 Å². The van der Waals surface area contributed by atoms with E-state index < -0.39 is 12.7 Å². The van der Waals surface area contributed by atoms with E-state index in [-0.39, 0.29) is 23.5 Å². The van der Waals surface area contributed by atoms with Crippen LogP contribution >= 0.6 is 0 Å². The first kappa shape index (κ1) is 16.7. The molecule has 1 saturated carbocycles. The van der Waals surface area contributed by atoms with Gasteiger partial charge < -0.3 is 15.8 Å². The van der Waals surface area contributed by atoms with E-state index in [1.165, 1.54) is 6.07 Å². The molecule has 1 unspecified atom stereocenters. The molecule has 1 amide bonds. The maximum atomic E-state index is 12.4. The molecule has 1 aromatic carbocycles. The molecule has 1 aliphatic rings. The average Bonchev–Trinajstić information content (AvgIpc) is 2.95. The Bertz CT molecular complexity index is 511. The zero-order valence-corrected chi connectivity index (χ0v) is 12.6. The van der Waals surface area contributed by atoms with Gasteiger partial charge in [0.05, 0.1) is 6.04 Å². The molecule has 3 N–H and O–H groups in total. The standard InChI is InChI=1S/C16H22F2N2O2/c1-10(12-6-2-3-8-14(12)22-16(17)18)20-15(21)13-7-4-5-11(13)9-19/h2-3,6,8,10-11,13,16H,4-5,7,9,19H2,1H3,(H,20,21)/t10?,11-,13-/m1/s1. The summed E-state index contributed by atoms with van der Waals surface area (Å²) >= 11 is 0. The third kappa shape index (κ3) is 3.94. The fourth-order valence-corrected chi connectivity index (χ4v) is 3.10. The number of rotatable bonds is 6. The predicted octanol–water partition coefficient (Wildman–Crippen LogP) is 2.84. The molecule has 122 valence electrons. The molecular formula is C16H22F2N2O2. The van der Waals surface area contributed by atoms with Crippen LogP contribution in [0.1, 0.15) is 37.8 Å². The number of amides is 1. The molecule has 0 aromatic heterocycles. The second-order valence-corrected chi connectivity index (χ2v) is 5.68. The van der Waals surface area contributed by atoms with Crippen LogP contribution in [-0.4, -0.2) is 19.1 Å². The summed E-state index contributed by atoms with van der Waals surface area (Å²) in [5.74, 6) is 0.148. The van der Waals surface area contributed by atoms with Crippen molar-refractivity contribution in [3.63, 3.8) is 0 Å². The average molecular weight is 312 g/mol. The van der Waals surface area contributed by atoms with Crippen molar-refractivity contribution in [2.24, 2.45) is 17.6 Å². The second-order valence-electron chi connectivity index (χ2n) is 5.68. The smallest absolute Gasteiger partial charge is 0.387 e. The second kappa shape index (κ2) is 7.54. The van der Waals surface area contributed by atoms with Crippen molar-refractivity contribution in [3.05, 3.63) is 29.8 Å². The van der Waals surface area contributed by atoms with Crippen LogP contribution in [0.5, 0.6) is 5.75 Å². The van der Waals surface area contributed by atoms with Crippen LogP contribution in [0, 0.1) is 11.8 Å². The zero-order chi connectivity index (χ0) is 16.1. The van der Waals surface area contributed by atoms with E-state index in [2.05, 4.69) is 10.1 Å². The first-order chi connectivity index (χ1) is 10.5. The molecule has 3 atom stereocenters. The molecule has 0 radical (unpaired) electrons. The van der Waals surface area contributed by atoms with Gasteiger partial charge in [-0.2, -0.15) is 8.78 Å². The van der Waals surface area contributed by atoms with E-state index in [0.29, 0.717) is 12.1 Å². The molecule has 0 heterocycles. The molecule has 1 aliphatic carbocycles. The van der Waals surface area contributed by atoms with Gasteiger partial charge in [0, 0.05) is 11.5 Å². The number of carbonyl (C=O) groups excluding carboxylic acids is 1. The number of hydrogen-bond donors (Lipinski definition) is 2. The normalized spacial score (nSPS) is 22.6. The lowest BCUT2D eigenvalue weighted by Crippen LogP contribution is -2.36. The molecule has 0 saturated heterocycles. The van der Waals surface area contributed by atoms with Crippen molar-refractivity contribution in [3.8, 4) is 5.75 Å². The molecule has 22 heavy (non-hydrogen) atoms. The molecule has 1 fully saturated rings. The summed E-state index contributed by atoms with van der Waals surface area (Å²) in [4.78, 5) is 12.4. The highest BCUT2D eigenvalue weighted by atomic mass is 19.3. The number of hydrogen-bond acceptors (Lipinski definition) is 3. The van der Waals surface area contributed by atoms with E-state index in [1.807, 2.05) is 0 Å². The third-order valence-electron chi connectivity index (χ3n) is 4.26. The minimum Gasteiger partial charge on any atom is -0.434 e. The number of nitrogens with one attached hydrogen (secondary N) is 1.